The highest BCUT2D eigenvalue weighted by atomic mass is 15.0. The standard InChI is InChI=1S/C14H32N2/c1-12(8-7-9-15)10-16-14(5,6)11-13(2,3)4/h12,16H,7-11,15H2,1-6H3. The summed E-state index contributed by atoms with van der Waals surface area (Å²) in [6.07, 6.45) is 3.57. The molecule has 0 aliphatic rings. The van der Waals surface area contributed by atoms with Crippen LogP contribution in [0.3, 0.4) is 0 Å². The summed E-state index contributed by atoms with van der Waals surface area (Å²) in [6, 6.07) is 0. The van der Waals surface area contributed by atoms with Gasteiger partial charge in [-0.25, -0.2) is 0 Å². The Morgan fingerprint density at radius 2 is 1.69 bits per heavy atom. The van der Waals surface area contributed by atoms with Gasteiger partial charge in [-0.1, -0.05) is 27.7 Å². The third kappa shape index (κ3) is 9.17. The Labute approximate surface area is 102 Å². The zero-order valence-corrected chi connectivity index (χ0v) is 12.2. The topological polar surface area (TPSA) is 38.0 Å². The average molecular weight is 228 g/mol. The van der Waals surface area contributed by atoms with E-state index in [2.05, 4.69) is 46.9 Å². The normalized spacial score (nSPS) is 15.2. The minimum atomic E-state index is 0.231. The molecule has 0 rings (SSSR count). The van der Waals surface area contributed by atoms with Crippen LogP contribution in [0.5, 0.6) is 0 Å². The van der Waals surface area contributed by atoms with Crippen LogP contribution in [0, 0.1) is 11.3 Å². The van der Waals surface area contributed by atoms with Crippen molar-refractivity contribution in [2.45, 2.75) is 66.3 Å². The van der Waals surface area contributed by atoms with Gasteiger partial charge in [0.05, 0.1) is 0 Å². The fourth-order valence-electron chi connectivity index (χ4n) is 2.41. The molecule has 0 spiro atoms. The molecular formula is C14H32N2. The van der Waals surface area contributed by atoms with Crippen LogP contribution < -0.4 is 11.1 Å². The molecule has 0 saturated carbocycles. The van der Waals surface area contributed by atoms with Gasteiger partial charge >= 0.3 is 0 Å². The Balaban J connectivity index is 3.89. The highest BCUT2D eigenvalue weighted by Gasteiger charge is 2.24. The van der Waals surface area contributed by atoms with Gasteiger partial charge in [-0.05, 0) is 57.5 Å². The van der Waals surface area contributed by atoms with Crippen LogP contribution in [0.4, 0.5) is 0 Å². The zero-order chi connectivity index (χ0) is 12.8. The maximum Gasteiger partial charge on any atom is 0.0130 e. The predicted octanol–water partition coefficient (Wildman–Crippen LogP) is 3.17. The van der Waals surface area contributed by atoms with E-state index in [0.29, 0.717) is 5.41 Å². The monoisotopic (exact) mass is 228 g/mol. The Morgan fingerprint density at radius 3 is 2.12 bits per heavy atom. The quantitative estimate of drug-likeness (QED) is 0.702. The van der Waals surface area contributed by atoms with Crippen molar-refractivity contribution in [1.82, 2.24) is 5.32 Å². The second-order valence-corrected chi connectivity index (χ2v) is 7.04. The Hall–Kier alpha value is -0.0800. The Bertz CT molecular complexity index is 180. The first-order valence-corrected chi connectivity index (χ1v) is 6.61. The molecule has 0 heterocycles. The van der Waals surface area contributed by atoms with Crippen molar-refractivity contribution in [3.8, 4) is 0 Å². The van der Waals surface area contributed by atoms with Crippen molar-refractivity contribution in [2.75, 3.05) is 13.1 Å². The molecule has 0 radical (unpaired) electrons. The molecule has 0 aromatic rings. The molecule has 16 heavy (non-hydrogen) atoms. The lowest BCUT2D eigenvalue weighted by Gasteiger charge is -2.34. The van der Waals surface area contributed by atoms with E-state index in [4.69, 9.17) is 5.73 Å². The van der Waals surface area contributed by atoms with Gasteiger partial charge in [0.15, 0.2) is 0 Å². The first kappa shape index (κ1) is 15.9. The lowest BCUT2D eigenvalue weighted by Crippen LogP contribution is -2.44. The van der Waals surface area contributed by atoms with Gasteiger partial charge in [0.25, 0.3) is 0 Å². The van der Waals surface area contributed by atoms with Crippen molar-refractivity contribution in [1.29, 1.82) is 0 Å². The van der Waals surface area contributed by atoms with Crippen molar-refractivity contribution >= 4 is 0 Å². The van der Waals surface area contributed by atoms with Gasteiger partial charge in [-0.15, -0.1) is 0 Å². The minimum Gasteiger partial charge on any atom is -0.330 e. The maximum absolute atomic E-state index is 5.52. The SMILES string of the molecule is CC(CCCN)CNC(C)(C)CC(C)(C)C. The smallest absolute Gasteiger partial charge is 0.0130 e. The van der Waals surface area contributed by atoms with E-state index in [0.717, 1.165) is 25.4 Å². The van der Waals surface area contributed by atoms with Gasteiger partial charge in [0, 0.05) is 5.54 Å². The maximum atomic E-state index is 5.52. The van der Waals surface area contributed by atoms with Crippen molar-refractivity contribution in [2.24, 2.45) is 17.1 Å². The fraction of sp³-hybridized carbons (Fsp3) is 1.00. The van der Waals surface area contributed by atoms with Crippen LogP contribution in [0.25, 0.3) is 0 Å². The molecule has 2 nitrogen and oxygen atoms in total. The van der Waals surface area contributed by atoms with E-state index in [1.807, 2.05) is 0 Å². The number of nitrogens with one attached hydrogen (secondary N) is 1. The molecule has 98 valence electrons. The molecule has 0 saturated heterocycles. The molecule has 2 heteroatoms. The molecule has 0 fully saturated rings. The summed E-state index contributed by atoms with van der Waals surface area (Å²) in [5, 5.41) is 3.68. The van der Waals surface area contributed by atoms with Crippen LogP contribution in [0.1, 0.15) is 60.8 Å². The molecule has 3 N–H and O–H groups in total. The lowest BCUT2D eigenvalue weighted by atomic mass is 9.81. The summed E-state index contributed by atoms with van der Waals surface area (Å²) < 4.78 is 0. The minimum absolute atomic E-state index is 0.231. The highest BCUT2D eigenvalue weighted by Crippen LogP contribution is 2.26. The molecule has 0 amide bonds. The molecule has 0 aromatic heterocycles. The number of hydrogen-bond acceptors (Lipinski definition) is 2. The lowest BCUT2D eigenvalue weighted by molar-refractivity contribution is 0.232. The average Bonchev–Trinajstić information content (AvgIpc) is 2.07. The van der Waals surface area contributed by atoms with Gasteiger partial charge in [-0.2, -0.15) is 0 Å². The molecule has 0 aliphatic heterocycles. The number of rotatable bonds is 7. The van der Waals surface area contributed by atoms with Crippen molar-refractivity contribution < 1.29 is 0 Å². The summed E-state index contributed by atoms with van der Waals surface area (Å²) >= 11 is 0. The molecule has 0 bridgehead atoms. The molecule has 1 atom stereocenters. The van der Waals surface area contributed by atoms with Crippen LogP contribution >= 0.6 is 0 Å². The first-order chi connectivity index (χ1) is 7.16. The van der Waals surface area contributed by atoms with E-state index in [-0.39, 0.29) is 5.54 Å². The zero-order valence-electron chi connectivity index (χ0n) is 12.2. The Morgan fingerprint density at radius 1 is 1.12 bits per heavy atom. The van der Waals surface area contributed by atoms with Gasteiger partial charge in [0.1, 0.15) is 0 Å². The molecule has 0 aromatic carbocycles. The first-order valence-electron chi connectivity index (χ1n) is 6.61. The van der Waals surface area contributed by atoms with E-state index in [9.17, 15) is 0 Å². The van der Waals surface area contributed by atoms with Gasteiger partial charge < -0.3 is 11.1 Å². The third-order valence-electron chi connectivity index (χ3n) is 2.80. The molecule has 0 aliphatic carbocycles. The van der Waals surface area contributed by atoms with Crippen LogP contribution in [-0.4, -0.2) is 18.6 Å². The summed E-state index contributed by atoms with van der Waals surface area (Å²) in [5.74, 6) is 0.725. The van der Waals surface area contributed by atoms with Crippen molar-refractivity contribution in [3.63, 3.8) is 0 Å². The number of hydrogen-bond donors (Lipinski definition) is 2. The summed E-state index contributed by atoms with van der Waals surface area (Å²) in [6.45, 7) is 15.7. The van der Waals surface area contributed by atoms with Gasteiger partial charge in [-0.3, -0.25) is 0 Å². The second-order valence-electron chi connectivity index (χ2n) is 7.04. The third-order valence-corrected chi connectivity index (χ3v) is 2.80. The van der Waals surface area contributed by atoms with Crippen LogP contribution in [-0.2, 0) is 0 Å². The number of nitrogens with two attached hydrogens (primary N) is 1. The molecular weight excluding hydrogens is 196 g/mol. The van der Waals surface area contributed by atoms with Crippen LogP contribution in [0.15, 0.2) is 0 Å². The summed E-state index contributed by atoms with van der Waals surface area (Å²) in [5.41, 5.74) is 6.14. The van der Waals surface area contributed by atoms with Crippen molar-refractivity contribution in [3.05, 3.63) is 0 Å². The van der Waals surface area contributed by atoms with E-state index >= 15 is 0 Å². The largest absolute Gasteiger partial charge is 0.330 e. The Kier molecular flexibility index (Phi) is 6.57. The molecule has 1 unspecified atom stereocenters. The van der Waals surface area contributed by atoms with E-state index in [1.165, 1.54) is 12.8 Å². The summed E-state index contributed by atoms with van der Waals surface area (Å²) in [7, 11) is 0. The van der Waals surface area contributed by atoms with Crippen LogP contribution in [0.2, 0.25) is 0 Å². The predicted molar refractivity (Wildman–Crippen MR) is 73.6 cm³/mol. The van der Waals surface area contributed by atoms with Gasteiger partial charge in [0.2, 0.25) is 0 Å². The second kappa shape index (κ2) is 6.61. The summed E-state index contributed by atoms with van der Waals surface area (Å²) in [4.78, 5) is 0. The highest BCUT2D eigenvalue weighted by molar-refractivity contribution is 4.83. The van der Waals surface area contributed by atoms with E-state index in [1.54, 1.807) is 0 Å². The van der Waals surface area contributed by atoms with E-state index < -0.39 is 0 Å². The fourth-order valence-corrected chi connectivity index (χ4v) is 2.41.